The lowest BCUT2D eigenvalue weighted by Gasteiger charge is -2.34. The van der Waals surface area contributed by atoms with Gasteiger partial charge in [-0.1, -0.05) is 54.1 Å². The number of hydrogen-bond acceptors (Lipinski definition) is 7. The number of nitrogens with zero attached hydrogens (tertiary/aromatic N) is 2. The van der Waals surface area contributed by atoms with Crippen LogP contribution in [0, 0.1) is 5.82 Å². The molecule has 0 saturated carbocycles. The van der Waals surface area contributed by atoms with Gasteiger partial charge >= 0.3 is 10.9 Å². The minimum atomic E-state index is -5.71. The molecular formula is C33H26ClF4N3O5S2. The molecule has 5 rings (SSSR count). The van der Waals surface area contributed by atoms with Gasteiger partial charge in [-0.3, -0.25) is 4.99 Å². The number of sulfone groups is 2. The maximum atomic E-state index is 18.8. The van der Waals surface area contributed by atoms with Crippen LogP contribution >= 0.6 is 11.6 Å². The fourth-order valence-electron chi connectivity index (χ4n) is 5.38. The van der Waals surface area contributed by atoms with Crippen LogP contribution in [0.15, 0.2) is 112 Å². The number of alkyl halides is 3. The zero-order valence-corrected chi connectivity index (χ0v) is 27.5. The van der Waals surface area contributed by atoms with Gasteiger partial charge in [0.05, 0.1) is 20.7 Å². The van der Waals surface area contributed by atoms with Crippen molar-refractivity contribution >= 4 is 54.1 Å². The van der Waals surface area contributed by atoms with E-state index in [4.69, 9.17) is 11.6 Å². The van der Waals surface area contributed by atoms with Gasteiger partial charge in [0.25, 0.3) is 0 Å². The van der Waals surface area contributed by atoms with Gasteiger partial charge in [-0.2, -0.15) is 8.78 Å². The van der Waals surface area contributed by atoms with Gasteiger partial charge < -0.3 is 9.72 Å². The Labute approximate surface area is 278 Å². The maximum Gasteiger partial charge on any atom is 0.387 e. The van der Waals surface area contributed by atoms with Gasteiger partial charge in [-0.25, -0.2) is 30.6 Å². The molecule has 0 spiro atoms. The largest absolute Gasteiger partial charge is 0.434 e. The highest BCUT2D eigenvalue weighted by atomic mass is 35.5. The third kappa shape index (κ3) is 5.88. The Balaban J connectivity index is 2.02. The predicted octanol–water partition coefficient (Wildman–Crippen LogP) is 7.76. The second-order valence-electron chi connectivity index (χ2n) is 10.3. The Bertz CT molecular complexity index is 2180. The minimum absolute atomic E-state index is 0.0294. The molecular weight excluding hydrogens is 694 g/mol. The van der Waals surface area contributed by atoms with Crippen LogP contribution < -0.4 is 4.74 Å². The first-order chi connectivity index (χ1) is 22.8. The van der Waals surface area contributed by atoms with Crippen molar-refractivity contribution < 1.29 is 39.1 Å². The van der Waals surface area contributed by atoms with E-state index in [0.29, 0.717) is 23.3 Å². The van der Waals surface area contributed by atoms with Crippen molar-refractivity contribution in [2.24, 2.45) is 4.99 Å². The van der Waals surface area contributed by atoms with E-state index in [1.165, 1.54) is 61.9 Å². The lowest BCUT2D eigenvalue weighted by molar-refractivity contribution is -0.0507. The number of aromatic nitrogens is 2. The van der Waals surface area contributed by atoms with Crippen LogP contribution in [0.1, 0.15) is 29.5 Å². The topological polar surface area (TPSA) is 119 Å². The minimum Gasteiger partial charge on any atom is -0.434 e. The number of hydrogen-bond donors (Lipinski definition) is 1. The van der Waals surface area contributed by atoms with Gasteiger partial charge in [-0.05, 0) is 60.5 Å². The van der Waals surface area contributed by atoms with Gasteiger partial charge in [0.2, 0.25) is 19.7 Å². The van der Waals surface area contributed by atoms with Crippen LogP contribution in [0.5, 0.6) is 5.75 Å². The van der Waals surface area contributed by atoms with Crippen LogP contribution in [-0.2, 0) is 19.7 Å². The molecule has 1 N–H and O–H groups in total. The molecule has 0 saturated heterocycles. The molecule has 3 aromatic carbocycles. The number of aromatic amines is 1. The van der Waals surface area contributed by atoms with Gasteiger partial charge in [0.15, 0.2) is 0 Å². The molecule has 0 aliphatic carbocycles. The number of pyridine rings is 1. The average Bonchev–Trinajstić information content (AvgIpc) is 3.49. The number of rotatable bonds is 11. The molecule has 1 atom stereocenters. The van der Waals surface area contributed by atoms with Crippen molar-refractivity contribution in [2.75, 3.05) is 7.05 Å². The van der Waals surface area contributed by atoms with E-state index in [2.05, 4.69) is 19.7 Å². The Morgan fingerprint density at radius 2 is 1.56 bits per heavy atom. The van der Waals surface area contributed by atoms with Crippen LogP contribution in [0.4, 0.5) is 17.6 Å². The SMILES string of the molecule is C/C=C(\C=NC)c1cnc2[nH]cc(C(c3c(OC(F)F)ccc(F)c3Cl)C(F)(S(=O)(=O)c3ccccc3)S(=O)(=O)c3ccccc3)c2c1. The standard InChI is InChI=1S/C33H26ClF4N3O5S2/c1-3-20(17-39-2)21-16-24-25(19-41-31(24)40-18-21)29(28-27(46-32(36)37)15-14-26(35)30(28)34)33(38,47(42,43)22-10-6-4-7-11-22)48(44,45)23-12-8-5-9-13-23/h3-19,29,32H,1-2H3,(H,40,41)/b20-3+,39-17?. The van der Waals surface area contributed by atoms with E-state index in [9.17, 15) is 25.6 Å². The Hall–Kier alpha value is -4.53. The Kier molecular flexibility index (Phi) is 9.81. The average molecular weight is 720 g/mol. The van der Waals surface area contributed by atoms with Gasteiger partial charge in [-0.15, -0.1) is 0 Å². The van der Waals surface area contributed by atoms with Crippen molar-refractivity contribution in [3.63, 3.8) is 0 Å². The molecule has 0 radical (unpaired) electrons. The summed E-state index contributed by atoms with van der Waals surface area (Å²) in [7, 11) is -9.90. The highest BCUT2D eigenvalue weighted by Crippen LogP contribution is 2.55. The summed E-state index contributed by atoms with van der Waals surface area (Å²) in [5, 5.41) is -1.07. The monoisotopic (exact) mass is 719 g/mol. The van der Waals surface area contributed by atoms with E-state index in [-0.39, 0.29) is 11.0 Å². The number of benzene rings is 3. The lowest BCUT2D eigenvalue weighted by Crippen LogP contribution is -2.48. The highest BCUT2D eigenvalue weighted by Gasteiger charge is 2.65. The first-order valence-corrected chi connectivity index (χ1v) is 17.4. The van der Waals surface area contributed by atoms with E-state index in [1.807, 2.05) is 0 Å². The third-order valence-corrected chi connectivity index (χ3v) is 13.0. The quantitative estimate of drug-likeness (QED) is 0.110. The molecule has 2 heterocycles. The van der Waals surface area contributed by atoms with E-state index < -0.39 is 74.0 Å². The molecule has 5 aromatic rings. The summed E-state index contributed by atoms with van der Waals surface area (Å²) in [5.41, 5.74) is -0.460. The molecule has 15 heteroatoms. The second kappa shape index (κ2) is 13.5. The van der Waals surface area contributed by atoms with Crippen molar-refractivity contribution in [1.29, 1.82) is 0 Å². The van der Waals surface area contributed by atoms with Gasteiger partial charge in [0.1, 0.15) is 17.2 Å². The fourth-order valence-corrected chi connectivity index (χ4v) is 10.2. The molecule has 0 aliphatic heterocycles. The molecule has 0 bridgehead atoms. The molecule has 48 heavy (non-hydrogen) atoms. The van der Waals surface area contributed by atoms with Crippen LogP contribution in [0.3, 0.4) is 0 Å². The molecule has 0 amide bonds. The van der Waals surface area contributed by atoms with E-state index in [1.54, 1.807) is 13.0 Å². The number of ether oxygens (including phenoxy) is 1. The van der Waals surface area contributed by atoms with E-state index >= 15 is 8.78 Å². The number of halogens is 5. The maximum absolute atomic E-state index is 18.8. The molecule has 0 fully saturated rings. The van der Waals surface area contributed by atoms with Gasteiger partial charge in [0, 0.05) is 42.2 Å². The number of allylic oxidation sites excluding steroid dienone is 2. The van der Waals surface area contributed by atoms with Crippen molar-refractivity contribution in [3.05, 3.63) is 125 Å². The highest BCUT2D eigenvalue weighted by molar-refractivity contribution is 8.10. The summed E-state index contributed by atoms with van der Waals surface area (Å²) < 4.78 is 120. The second-order valence-corrected chi connectivity index (χ2v) is 15.1. The summed E-state index contributed by atoms with van der Waals surface area (Å²) in [4.78, 5) is 9.54. The zero-order chi connectivity index (χ0) is 34.9. The summed E-state index contributed by atoms with van der Waals surface area (Å²) in [6.07, 6.45) is 5.66. The smallest absolute Gasteiger partial charge is 0.387 e. The van der Waals surface area contributed by atoms with Crippen molar-refractivity contribution in [3.8, 4) is 5.75 Å². The summed E-state index contributed by atoms with van der Waals surface area (Å²) in [6.45, 7) is -1.88. The summed E-state index contributed by atoms with van der Waals surface area (Å²) >= 11 is 6.38. The summed E-state index contributed by atoms with van der Waals surface area (Å²) in [5.74, 6) is -4.91. The van der Waals surface area contributed by atoms with Crippen molar-refractivity contribution in [2.45, 2.75) is 33.6 Å². The first-order valence-electron chi connectivity index (χ1n) is 14.1. The Morgan fingerprint density at radius 3 is 2.08 bits per heavy atom. The Morgan fingerprint density at radius 1 is 0.979 bits per heavy atom. The summed E-state index contributed by atoms with van der Waals surface area (Å²) in [6, 6.07) is 14.5. The molecule has 8 nitrogen and oxygen atoms in total. The van der Waals surface area contributed by atoms with E-state index in [0.717, 1.165) is 30.5 Å². The third-order valence-electron chi connectivity index (χ3n) is 7.57. The van der Waals surface area contributed by atoms with Crippen LogP contribution in [0.25, 0.3) is 16.6 Å². The molecule has 250 valence electrons. The molecule has 1 unspecified atom stereocenters. The number of aliphatic imine (C=N–C) groups is 1. The predicted molar refractivity (Wildman–Crippen MR) is 175 cm³/mol. The first kappa shape index (κ1) is 34.8. The lowest BCUT2D eigenvalue weighted by atomic mass is 9.90. The zero-order valence-electron chi connectivity index (χ0n) is 25.1. The van der Waals surface area contributed by atoms with Crippen LogP contribution in [-0.4, -0.2) is 51.0 Å². The number of fused-ring (bicyclic) bond motifs is 1. The number of nitrogens with one attached hydrogen (secondary N) is 1. The van der Waals surface area contributed by atoms with Crippen molar-refractivity contribution in [1.82, 2.24) is 9.97 Å². The van der Waals surface area contributed by atoms with Crippen LogP contribution in [0.2, 0.25) is 5.02 Å². The number of H-pyrrole nitrogens is 1. The fraction of sp³-hybridized carbons (Fsp3) is 0.152. The normalized spacial score (nSPS) is 13.8. The molecule has 0 aliphatic rings. The molecule has 2 aromatic heterocycles.